The first-order valence-corrected chi connectivity index (χ1v) is 6.43. The van der Waals surface area contributed by atoms with E-state index < -0.39 is 0 Å². The summed E-state index contributed by atoms with van der Waals surface area (Å²) in [4.78, 5) is 4.19. The van der Waals surface area contributed by atoms with E-state index in [9.17, 15) is 0 Å². The second kappa shape index (κ2) is 6.31. The fourth-order valence-corrected chi connectivity index (χ4v) is 2.25. The summed E-state index contributed by atoms with van der Waals surface area (Å²) < 4.78 is 0. The van der Waals surface area contributed by atoms with Crippen LogP contribution in [0.2, 0.25) is 0 Å². The molecule has 0 amide bonds. The van der Waals surface area contributed by atoms with Crippen LogP contribution in [-0.2, 0) is 6.42 Å². The van der Waals surface area contributed by atoms with E-state index in [-0.39, 0.29) is 0 Å². The summed E-state index contributed by atoms with van der Waals surface area (Å²) in [6.07, 6.45) is 5.94. The van der Waals surface area contributed by atoms with E-state index in [4.69, 9.17) is 0 Å². The predicted molar refractivity (Wildman–Crippen MR) is 75.5 cm³/mol. The van der Waals surface area contributed by atoms with Gasteiger partial charge < -0.3 is 5.32 Å². The average molecular weight is 240 g/mol. The van der Waals surface area contributed by atoms with Crippen molar-refractivity contribution in [3.63, 3.8) is 0 Å². The van der Waals surface area contributed by atoms with Gasteiger partial charge in [0.05, 0.1) is 0 Å². The summed E-state index contributed by atoms with van der Waals surface area (Å²) >= 11 is 0. The van der Waals surface area contributed by atoms with Crippen molar-refractivity contribution in [2.45, 2.75) is 25.8 Å². The summed E-state index contributed by atoms with van der Waals surface area (Å²) in [6.45, 7) is 2.17. The van der Waals surface area contributed by atoms with E-state index in [2.05, 4.69) is 47.6 Å². The van der Waals surface area contributed by atoms with Gasteiger partial charge in [-0.25, -0.2) is 0 Å². The van der Waals surface area contributed by atoms with Gasteiger partial charge in [-0.15, -0.1) is 0 Å². The number of aromatic nitrogens is 1. The molecule has 0 aliphatic heterocycles. The summed E-state index contributed by atoms with van der Waals surface area (Å²) in [6, 6.07) is 13.1. The molecular weight excluding hydrogens is 220 g/mol. The molecule has 1 unspecified atom stereocenters. The molecule has 18 heavy (non-hydrogen) atoms. The van der Waals surface area contributed by atoms with Gasteiger partial charge in [-0.2, -0.15) is 0 Å². The highest BCUT2D eigenvalue weighted by Crippen LogP contribution is 2.19. The van der Waals surface area contributed by atoms with Crippen molar-refractivity contribution in [1.82, 2.24) is 10.3 Å². The van der Waals surface area contributed by atoms with Crippen LogP contribution in [0.4, 0.5) is 0 Å². The normalized spacial score (nSPS) is 12.3. The largest absolute Gasteiger partial charge is 0.313 e. The Morgan fingerprint density at radius 1 is 1.17 bits per heavy atom. The van der Waals surface area contributed by atoms with Crippen molar-refractivity contribution in [3.05, 3.63) is 65.5 Å². The number of aryl methyl sites for hydroxylation is 2. The molecule has 2 nitrogen and oxygen atoms in total. The number of hydrogen-bond donors (Lipinski definition) is 1. The zero-order chi connectivity index (χ0) is 12.8. The molecule has 0 saturated carbocycles. The molecule has 2 heteroatoms. The molecule has 0 bridgehead atoms. The lowest BCUT2D eigenvalue weighted by molar-refractivity contribution is 0.547. The molecule has 1 heterocycles. The second-order valence-corrected chi connectivity index (χ2v) is 4.59. The van der Waals surface area contributed by atoms with E-state index >= 15 is 0 Å². The van der Waals surface area contributed by atoms with Crippen molar-refractivity contribution >= 4 is 0 Å². The first-order chi connectivity index (χ1) is 8.81. The highest BCUT2D eigenvalue weighted by atomic mass is 14.9. The molecule has 0 spiro atoms. The fourth-order valence-electron chi connectivity index (χ4n) is 2.25. The smallest absolute Gasteiger partial charge is 0.0336 e. The maximum absolute atomic E-state index is 4.19. The van der Waals surface area contributed by atoms with Crippen molar-refractivity contribution in [2.24, 2.45) is 0 Å². The van der Waals surface area contributed by atoms with Gasteiger partial charge in [0.2, 0.25) is 0 Å². The van der Waals surface area contributed by atoms with Crippen LogP contribution in [0.3, 0.4) is 0 Å². The Bertz CT molecular complexity index is 479. The molecule has 0 aliphatic rings. The summed E-state index contributed by atoms with van der Waals surface area (Å²) in [5.74, 6) is 0. The van der Waals surface area contributed by atoms with Crippen LogP contribution < -0.4 is 5.32 Å². The maximum atomic E-state index is 4.19. The lowest BCUT2D eigenvalue weighted by atomic mass is 9.98. The third-order valence-electron chi connectivity index (χ3n) is 3.40. The SMILES string of the molecule is CNC(CCc1ccccc1C)c1cccnc1. The van der Waals surface area contributed by atoms with Gasteiger partial charge in [0.1, 0.15) is 0 Å². The van der Waals surface area contributed by atoms with E-state index in [0.29, 0.717) is 6.04 Å². The third kappa shape index (κ3) is 3.17. The summed E-state index contributed by atoms with van der Waals surface area (Å²) in [5, 5.41) is 3.37. The Morgan fingerprint density at radius 3 is 2.67 bits per heavy atom. The molecule has 2 rings (SSSR count). The van der Waals surface area contributed by atoms with Gasteiger partial charge in [0.15, 0.2) is 0 Å². The van der Waals surface area contributed by atoms with Crippen molar-refractivity contribution in [2.75, 3.05) is 7.05 Å². The molecule has 0 fully saturated rings. The first-order valence-electron chi connectivity index (χ1n) is 6.43. The molecule has 94 valence electrons. The van der Waals surface area contributed by atoms with Crippen molar-refractivity contribution in [3.8, 4) is 0 Å². The lowest BCUT2D eigenvalue weighted by Gasteiger charge is -2.16. The highest BCUT2D eigenvalue weighted by molar-refractivity contribution is 5.26. The number of nitrogens with zero attached hydrogens (tertiary/aromatic N) is 1. The Labute approximate surface area is 109 Å². The minimum Gasteiger partial charge on any atom is -0.313 e. The number of rotatable bonds is 5. The van der Waals surface area contributed by atoms with Crippen LogP contribution in [0.1, 0.15) is 29.2 Å². The monoisotopic (exact) mass is 240 g/mol. The van der Waals surface area contributed by atoms with Gasteiger partial charge in [-0.1, -0.05) is 30.3 Å². The number of benzene rings is 1. The van der Waals surface area contributed by atoms with Crippen molar-refractivity contribution < 1.29 is 0 Å². The van der Waals surface area contributed by atoms with Crippen LogP contribution in [-0.4, -0.2) is 12.0 Å². The fraction of sp³-hybridized carbons (Fsp3) is 0.312. The van der Waals surface area contributed by atoms with Crippen LogP contribution >= 0.6 is 0 Å². The van der Waals surface area contributed by atoms with Crippen LogP contribution in [0.25, 0.3) is 0 Å². The Hall–Kier alpha value is -1.67. The molecule has 1 N–H and O–H groups in total. The lowest BCUT2D eigenvalue weighted by Crippen LogP contribution is -2.17. The molecule has 0 saturated heterocycles. The number of nitrogens with one attached hydrogen (secondary N) is 1. The Kier molecular flexibility index (Phi) is 4.48. The van der Waals surface area contributed by atoms with Crippen LogP contribution in [0, 0.1) is 6.92 Å². The van der Waals surface area contributed by atoms with E-state index in [0.717, 1.165) is 12.8 Å². The topological polar surface area (TPSA) is 24.9 Å². The van der Waals surface area contributed by atoms with Gasteiger partial charge >= 0.3 is 0 Å². The Morgan fingerprint density at radius 2 is 2.00 bits per heavy atom. The molecule has 1 atom stereocenters. The van der Waals surface area contributed by atoms with E-state index in [1.165, 1.54) is 16.7 Å². The average Bonchev–Trinajstić information content (AvgIpc) is 2.42. The number of hydrogen-bond acceptors (Lipinski definition) is 2. The highest BCUT2D eigenvalue weighted by Gasteiger charge is 2.09. The second-order valence-electron chi connectivity index (χ2n) is 4.59. The standard InChI is InChI=1S/C16H20N2/c1-13-6-3-4-7-14(13)9-10-16(17-2)15-8-5-11-18-12-15/h3-8,11-12,16-17H,9-10H2,1-2H3. The Balaban J connectivity index is 2.02. The van der Waals surface area contributed by atoms with E-state index in [1.54, 1.807) is 0 Å². The molecule has 0 aliphatic carbocycles. The van der Waals surface area contributed by atoms with Gasteiger partial charge in [-0.3, -0.25) is 4.98 Å². The number of pyridine rings is 1. The van der Waals surface area contributed by atoms with Crippen LogP contribution in [0.5, 0.6) is 0 Å². The van der Waals surface area contributed by atoms with Crippen LogP contribution in [0.15, 0.2) is 48.8 Å². The van der Waals surface area contributed by atoms with E-state index in [1.807, 2.05) is 25.5 Å². The van der Waals surface area contributed by atoms with Gasteiger partial charge in [0.25, 0.3) is 0 Å². The predicted octanol–water partition coefficient (Wildman–Crippen LogP) is 3.28. The maximum Gasteiger partial charge on any atom is 0.0336 e. The quantitative estimate of drug-likeness (QED) is 0.867. The van der Waals surface area contributed by atoms with Gasteiger partial charge in [-0.05, 0) is 49.6 Å². The minimum absolute atomic E-state index is 0.373. The molecule has 1 aromatic heterocycles. The molecule has 2 aromatic rings. The molecule has 1 aromatic carbocycles. The zero-order valence-electron chi connectivity index (χ0n) is 11.1. The van der Waals surface area contributed by atoms with Gasteiger partial charge in [0, 0.05) is 18.4 Å². The third-order valence-corrected chi connectivity index (χ3v) is 3.40. The summed E-state index contributed by atoms with van der Waals surface area (Å²) in [5.41, 5.74) is 4.06. The zero-order valence-corrected chi connectivity index (χ0v) is 11.1. The summed E-state index contributed by atoms with van der Waals surface area (Å²) in [7, 11) is 2.01. The minimum atomic E-state index is 0.373. The molecular formula is C16H20N2. The first kappa shape index (κ1) is 12.8. The van der Waals surface area contributed by atoms with Crippen molar-refractivity contribution in [1.29, 1.82) is 0 Å². The molecule has 0 radical (unpaired) electrons.